The fourth-order valence-corrected chi connectivity index (χ4v) is 2.75. The van der Waals surface area contributed by atoms with Gasteiger partial charge in [0, 0.05) is 11.8 Å². The van der Waals surface area contributed by atoms with E-state index in [9.17, 15) is 15.2 Å². The molecule has 0 unspecified atom stereocenters. The van der Waals surface area contributed by atoms with Gasteiger partial charge < -0.3 is 10.9 Å². The number of thioether (sulfide) groups is 1. The lowest BCUT2D eigenvalue weighted by atomic mass is 10.2. The van der Waals surface area contributed by atoms with Crippen molar-refractivity contribution in [1.29, 1.82) is 0 Å². The lowest BCUT2D eigenvalue weighted by molar-refractivity contribution is -0.385. The van der Waals surface area contributed by atoms with Crippen molar-refractivity contribution in [2.75, 3.05) is 10.9 Å². The van der Waals surface area contributed by atoms with Gasteiger partial charge in [0.25, 0.3) is 0 Å². The van der Waals surface area contributed by atoms with Crippen LogP contribution in [0.5, 0.6) is 5.75 Å². The van der Waals surface area contributed by atoms with Crippen LogP contribution in [0.25, 0.3) is 0 Å². The number of nitrogens with zero attached hydrogens (tertiary/aromatic N) is 4. The first-order valence-electron chi connectivity index (χ1n) is 6.59. The maximum absolute atomic E-state index is 10.8. The quantitative estimate of drug-likeness (QED) is 0.264. The Morgan fingerprint density at radius 2 is 2.00 bits per heavy atom. The van der Waals surface area contributed by atoms with Crippen molar-refractivity contribution in [2.24, 2.45) is 16.3 Å². The van der Waals surface area contributed by atoms with E-state index in [-0.39, 0.29) is 11.4 Å². The van der Waals surface area contributed by atoms with Crippen molar-refractivity contribution < 1.29 is 10.0 Å². The fraction of sp³-hybridized carbons (Fsp3) is 0.143. The molecule has 2 rings (SSSR count). The standard InChI is InChI=1S/C14H15N5O3S/c15-16-17-18(12-4-2-1-3-5-12)10-23-9-11-6-7-14(20)13(8-11)19(21)22/h1-8,20H,9-10H2,(H2,15,17). The van der Waals surface area contributed by atoms with E-state index in [0.29, 0.717) is 11.6 Å². The molecule has 0 aliphatic heterocycles. The minimum atomic E-state index is -0.609. The third-order valence-electron chi connectivity index (χ3n) is 2.93. The van der Waals surface area contributed by atoms with Crippen molar-refractivity contribution in [2.45, 2.75) is 5.75 Å². The van der Waals surface area contributed by atoms with E-state index in [1.54, 1.807) is 11.1 Å². The molecule has 0 bridgehead atoms. The lowest BCUT2D eigenvalue weighted by Gasteiger charge is -2.16. The number of phenols is 1. The predicted octanol–water partition coefficient (Wildman–Crippen LogP) is 3.24. The second-order valence-electron chi connectivity index (χ2n) is 4.50. The van der Waals surface area contributed by atoms with E-state index in [1.807, 2.05) is 30.3 Å². The van der Waals surface area contributed by atoms with Gasteiger partial charge in [0.1, 0.15) is 0 Å². The van der Waals surface area contributed by atoms with E-state index in [2.05, 4.69) is 10.4 Å². The van der Waals surface area contributed by atoms with Crippen LogP contribution >= 0.6 is 11.8 Å². The van der Waals surface area contributed by atoms with E-state index in [4.69, 9.17) is 5.84 Å². The molecule has 9 heteroatoms. The van der Waals surface area contributed by atoms with E-state index in [0.717, 1.165) is 11.3 Å². The number of aromatic hydroxyl groups is 1. The highest BCUT2D eigenvalue weighted by Gasteiger charge is 2.14. The van der Waals surface area contributed by atoms with Gasteiger partial charge in [-0.25, -0.2) is 5.01 Å². The molecular formula is C14H15N5O3S. The minimum absolute atomic E-state index is 0.301. The summed E-state index contributed by atoms with van der Waals surface area (Å²) >= 11 is 1.49. The van der Waals surface area contributed by atoms with E-state index in [1.165, 1.54) is 23.9 Å². The molecule has 120 valence electrons. The second kappa shape index (κ2) is 7.99. The summed E-state index contributed by atoms with van der Waals surface area (Å²) < 4.78 is 0. The number of anilines is 1. The molecule has 0 fully saturated rings. The number of hydrogen-bond acceptors (Lipinski definition) is 6. The molecule has 0 aliphatic carbocycles. The van der Waals surface area contributed by atoms with Gasteiger partial charge in [-0.3, -0.25) is 10.1 Å². The van der Waals surface area contributed by atoms with Crippen molar-refractivity contribution in [1.82, 2.24) is 0 Å². The highest BCUT2D eigenvalue weighted by molar-refractivity contribution is 7.98. The summed E-state index contributed by atoms with van der Waals surface area (Å²) in [6.45, 7) is 0. The number of nitro benzene ring substituents is 1. The zero-order chi connectivity index (χ0) is 16.7. The number of para-hydroxylation sites is 1. The largest absolute Gasteiger partial charge is 0.502 e. The molecule has 0 atom stereocenters. The average Bonchev–Trinajstić information content (AvgIpc) is 2.56. The van der Waals surface area contributed by atoms with Crippen molar-refractivity contribution >= 4 is 23.1 Å². The average molecular weight is 333 g/mol. The molecule has 2 aromatic rings. The second-order valence-corrected chi connectivity index (χ2v) is 5.45. The van der Waals surface area contributed by atoms with Gasteiger partial charge in [0.2, 0.25) is 0 Å². The van der Waals surface area contributed by atoms with Gasteiger partial charge in [-0.15, -0.1) is 11.8 Å². The number of rotatable bonds is 7. The summed E-state index contributed by atoms with van der Waals surface area (Å²) in [5.74, 6) is 5.77. The normalized spacial score (nSPS) is 10.8. The monoisotopic (exact) mass is 333 g/mol. The molecule has 0 saturated heterocycles. The van der Waals surface area contributed by atoms with Gasteiger partial charge >= 0.3 is 5.69 Å². The van der Waals surface area contributed by atoms with Gasteiger partial charge in [-0.2, -0.15) is 0 Å². The minimum Gasteiger partial charge on any atom is -0.502 e. The first kappa shape index (κ1) is 16.6. The summed E-state index contributed by atoms with van der Waals surface area (Å²) in [5, 5.41) is 29.0. The van der Waals surface area contributed by atoms with Crippen LogP contribution in [0.4, 0.5) is 11.4 Å². The van der Waals surface area contributed by atoms with Crippen LogP contribution in [-0.2, 0) is 5.75 Å². The molecule has 0 aromatic heterocycles. The van der Waals surface area contributed by atoms with E-state index >= 15 is 0 Å². The SMILES string of the molecule is N/N=N\N(CSCc1ccc(O)c([N+](=O)[O-])c1)c1ccccc1. The molecule has 0 saturated carbocycles. The van der Waals surface area contributed by atoms with Crippen molar-refractivity contribution in [3.05, 3.63) is 64.2 Å². The topological polar surface area (TPSA) is 117 Å². The summed E-state index contributed by atoms with van der Waals surface area (Å²) in [4.78, 5) is 10.2. The van der Waals surface area contributed by atoms with Gasteiger partial charge in [0.05, 0.1) is 16.5 Å². The third-order valence-corrected chi connectivity index (χ3v) is 3.90. The molecule has 0 spiro atoms. The molecule has 0 amide bonds. The van der Waals surface area contributed by atoms with Gasteiger partial charge in [-0.1, -0.05) is 29.5 Å². The van der Waals surface area contributed by atoms with Crippen LogP contribution in [-0.4, -0.2) is 15.9 Å². The third kappa shape index (κ3) is 4.58. The van der Waals surface area contributed by atoms with Crippen LogP contribution in [0.1, 0.15) is 5.56 Å². The Bertz CT molecular complexity index is 696. The Balaban J connectivity index is 2.00. The Hall–Kier alpha value is -2.81. The zero-order valence-electron chi connectivity index (χ0n) is 12.1. The molecule has 0 radical (unpaired) electrons. The zero-order valence-corrected chi connectivity index (χ0v) is 12.9. The van der Waals surface area contributed by atoms with Crippen LogP contribution in [0, 0.1) is 10.1 Å². The molecule has 2 aromatic carbocycles. The summed E-state index contributed by atoms with van der Waals surface area (Å²) in [7, 11) is 0. The smallest absolute Gasteiger partial charge is 0.310 e. The number of nitrogens with two attached hydrogens (primary N) is 1. The number of benzene rings is 2. The van der Waals surface area contributed by atoms with Crippen molar-refractivity contribution in [3.63, 3.8) is 0 Å². The Morgan fingerprint density at radius 1 is 1.26 bits per heavy atom. The predicted molar refractivity (Wildman–Crippen MR) is 88.9 cm³/mol. The molecular weight excluding hydrogens is 318 g/mol. The van der Waals surface area contributed by atoms with Crippen LogP contribution in [0.2, 0.25) is 0 Å². The number of nitro groups is 1. The first-order valence-corrected chi connectivity index (χ1v) is 7.74. The Kier molecular flexibility index (Phi) is 5.75. The van der Waals surface area contributed by atoms with Crippen molar-refractivity contribution in [3.8, 4) is 5.75 Å². The molecule has 0 heterocycles. The lowest BCUT2D eigenvalue weighted by Crippen LogP contribution is -2.15. The van der Waals surface area contributed by atoms with Crippen LogP contribution in [0.3, 0.4) is 0 Å². The molecule has 8 nitrogen and oxygen atoms in total. The number of phenolic OH excluding ortho intramolecular Hbond substituents is 1. The number of hydrogen-bond donors (Lipinski definition) is 2. The maximum atomic E-state index is 10.8. The molecule has 0 aliphatic rings. The summed E-state index contributed by atoms with van der Waals surface area (Å²) in [6.07, 6.45) is 0. The Labute approximate surface area is 136 Å². The van der Waals surface area contributed by atoms with Crippen LogP contribution in [0.15, 0.2) is 59.0 Å². The van der Waals surface area contributed by atoms with Crippen LogP contribution < -0.4 is 10.9 Å². The fourth-order valence-electron chi connectivity index (χ4n) is 1.87. The van der Waals surface area contributed by atoms with Gasteiger partial charge in [0.15, 0.2) is 5.75 Å². The summed E-state index contributed by atoms with van der Waals surface area (Å²) in [5.41, 5.74) is 1.27. The highest BCUT2D eigenvalue weighted by Crippen LogP contribution is 2.28. The summed E-state index contributed by atoms with van der Waals surface area (Å²) in [6, 6.07) is 13.7. The first-order chi connectivity index (χ1) is 11.1. The molecule has 3 N–H and O–H groups in total. The Morgan fingerprint density at radius 3 is 2.65 bits per heavy atom. The van der Waals surface area contributed by atoms with E-state index < -0.39 is 4.92 Å². The maximum Gasteiger partial charge on any atom is 0.310 e. The molecule has 23 heavy (non-hydrogen) atoms. The van der Waals surface area contributed by atoms with Gasteiger partial charge in [-0.05, 0) is 29.0 Å². The highest BCUT2D eigenvalue weighted by atomic mass is 32.2.